The predicted octanol–water partition coefficient (Wildman–Crippen LogP) is 3.15. The first-order chi connectivity index (χ1) is 11.8. The van der Waals surface area contributed by atoms with E-state index in [2.05, 4.69) is 11.4 Å². The highest BCUT2D eigenvalue weighted by Crippen LogP contribution is 2.24. The van der Waals surface area contributed by atoms with Crippen molar-refractivity contribution < 1.29 is 14.6 Å². The molecule has 0 unspecified atom stereocenters. The molecule has 0 aliphatic heterocycles. The molecule has 128 valence electrons. The van der Waals surface area contributed by atoms with E-state index in [1.807, 2.05) is 48.5 Å². The largest absolute Gasteiger partial charge is 0.497 e. The Hall–Kier alpha value is -2.04. The molecule has 4 nitrogen and oxygen atoms in total. The fraction of sp³-hybridized carbons (Fsp3) is 0.400. The first-order valence-electron chi connectivity index (χ1n) is 8.52. The van der Waals surface area contributed by atoms with Crippen molar-refractivity contribution in [3.8, 4) is 11.5 Å². The van der Waals surface area contributed by atoms with Gasteiger partial charge < -0.3 is 19.9 Å². The number of aliphatic hydroxyl groups is 1. The Kier molecular flexibility index (Phi) is 5.72. The second-order valence-corrected chi connectivity index (χ2v) is 6.23. The summed E-state index contributed by atoms with van der Waals surface area (Å²) in [5.41, 5.74) is 1.15. The van der Waals surface area contributed by atoms with Crippen LogP contribution in [0.2, 0.25) is 0 Å². The van der Waals surface area contributed by atoms with Gasteiger partial charge in [0, 0.05) is 12.6 Å². The standard InChI is InChI=1S/C20H25NO3/c1-23-17-10-5-7-15(13-17)14-21-18-11-6-12-19(20(18)22)24-16-8-3-2-4-9-16/h2-5,7-10,13,18-22H,6,11-12,14H2,1H3/t18-,19+,20+/m0/s1. The summed E-state index contributed by atoms with van der Waals surface area (Å²) in [6.45, 7) is 0.705. The Labute approximate surface area is 143 Å². The van der Waals surface area contributed by atoms with Crippen LogP contribution in [0.3, 0.4) is 0 Å². The molecule has 4 heteroatoms. The summed E-state index contributed by atoms with van der Waals surface area (Å²) in [4.78, 5) is 0. The Morgan fingerprint density at radius 1 is 1.04 bits per heavy atom. The molecule has 1 aliphatic carbocycles. The number of rotatable bonds is 6. The minimum atomic E-state index is -0.510. The molecule has 24 heavy (non-hydrogen) atoms. The Morgan fingerprint density at radius 3 is 2.62 bits per heavy atom. The molecule has 0 radical (unpaired) electrons. The number of hydrogen-bond donors (Lipinski definition) is 2. The summed E-state index contributed by atoms with van der Waals surface area (Å²) < 4.78 is 11.2. The second-order valence-electron chi connectivity index (χ2n) is 6.23. The molecule has 2 N–H and O–H groups in total. The molecular formula is C20H25NO3. The zero-order valence-corrected chi connectivity index (χ0v) is 14.0. The molecule has 0 spiro atoms. The Balaban J connectivity index is 1.57. The number of para-hydroxylation sites is 1. The van der Waals surface area contributed by atoms with Gasteiger partial charge in [0.15, 0.2) is 0 Å². The first kappa shape index (κ1) is 16.8. The Bertz CT molecular complexity index is 632. The zero-order valence-electron chi connectivity index (χ0n) is 14.0. The van der Waals surface area contributed by atoms with Crippen molar-refractivity contribution in [3.05, 3.63) is 60.2 Å². The van der Waals surface area contributed by atoms with E-state index in [0.717, 1.165) is 36.3 Å². The molecule has 2 aromatic carbocycles. The van der Waals surface area contributed by atoms with Crippen molar-refractivity contribution in [2.75, 3.05) is 7.11 Å². The van der Waals surface area contributed by atoms with E-state index < -0.39 is 6.10 Å². The van der Waals surface area contributed by atoms with Crippen LogP contribution in [-0.4, -0.2) is 30.5 Å². The second kappa shape index (κ2) is 8.18. The molecule has 0 aromatic heterocycles. The van der Waals surface area contributed by atoms with Gasteiger partial charge in [-0.2, -0.15) is 0 Å². The van der Waals surface area contributed by atoms with Crippen molar-refractivity contribution in [3.63, 3.8) is 0 Å². The van der Waals surface area contributed by atoms with E-state index in [9.17, 15) is 5.11 Å². The lowest BCUT2D eigenvalue weighted by Crippen LogP contribution is -2.50. The van der Waals surface area contributed by atoms with Crippen LogP contribution in [0.1, 0.15) is 24.8 Å². The van der Waals surface area contributed by atoms with E-state index >= 15 is 0 Å². The third-order valence-electron chi connectivity index (χ3n) is 4.53. The van der Waals surface area contributed by atoms with Crippen LogP contribution < -0.4 is 14.8 Å². The number of hydrogen-bond acceptors (Lipinski definition) is 4. The molecular weight excluding hydrogens is 302 g/mol. The van der Waals surface area contributed by atoms with Crippen LogP contribution in [0.4, 0.5) is 0 Å². The summed E-state index contributed by atoms with van der Waals surface area (Å²) in [6, 6.07) is 17.7. The molecule has 1 fully saturated rings. The normalized spacial score (nSPS) is 23.7. The van der Waals surface area contributed by atoms with Gasteiger partial charge in [0.2, 0.25) is 0 Å². The van der Waals surface area contributed by atoms with Crippen LogP contribution in [0.25, 0.3) is 0 Å². The molecule has 0 bridgehead atoms. The lowest BCUT2D eigenvalue weighted by atomic mass is 9.89. The third kappa shape index (κ3) is 4.28. The maximum atomic E-state index is 10.7. The van der Waals surface area contributed by atoms with E-state index in [1.165, 1.54) is 0 Å². The maximum Gasteiger partial charge on any atom is 0.126 e. The topological polar surface area (TPSA) is 50.7 Å². The highest BCUT2D eigenvalue weighted by Gasteiger charge is 2.33. The zero-order chi connectivity index (χ0) is 16.8. The third-order valence-corrected chi connectivity index (χ3v) is 4.53. The molecule has 1 saturated carbocycles. The van der Waals surface area contributed by atoms with Crippen LogP contribution >= 0.6 is 0 Å². The van der Waals surface area contributed by atoms with E-state index in [4.69, 9.17) is 9.47 Å². The van der Waals surface area contributed by atoms with Gasteiger partial charge in [-0.25, -0.2) is 0 Å². The number of nitrogens with one attached hydrogen (secondary N) is 1. The van der Waals surface area contributed by atoms with E-state index in [-0.39, 0.29) is 12.1 Å². The van der Waals surface area contributed by atoms with Gasteiger partial charge in [0.05, 0.1) is 7.11 Å². The SMILES string of the molecule is COc1cccc(CN[C@H]2CCC[C@@H](Oc3ccccc3)[C@@H]2O)c1. The van der Waals surface area contributed by atoms with Gasteiger partial charge in [-0.05, 0) is 49.1 Å². The van der Waals surface area contributed by atoms with Crippen molar-refractivity contribution in [2.24, 2.45) is 0 Å². The molecule has 0 amide bonds. The summed E-state index contributed by atoms with van der Waals surface area (Å²) >= 11 is 0. The van der Waals surface area contributed by atoms with Crippen molar-refractivity contribution >= 4 is 0 Å². The van der Waals surface area contributed by atoms with E-state index in [1.54, 1.807) is 7.11 Å². The summed E-state index contributed by atoms with van der Waals surface area (Å²) in [5, 5.41) is 14.1. The highest BCUT2D eigenvalue weighted by molar-refractivity contribution is 5.28. The van der Waals surface area contributed by atoms with Gasteiger partial charge in [0.1, 0.15) is 23.7 Å². The lowest BCUT2D eigenvalue weighted by Gasteiger charge is -2.35. The number of aliphatic hydroxyl groups excluding tert-OH is 1. The first-order valence-corrected chi connectivity index (χ1v) is 8.52. The highest BCUT2D eigenvalue weighted by atomic mass is 16.5. The van der Waals surface area contributed by atoms with Crippen LogP contribution in [0.15, 0.2) is 54.6 Å². The molecule has 1 aliphatic rings. The van der Waals surface area contributed by atoms with Gasteiger partial charge in [-0.3, -0.25) is 0 Å². The van der Waals surface area contributed by atoms with Crippen molar-refractivity contribution in [2.45, 2.75) is 44.1 Å². The average molecular weight is 327 g/mol. The minimum Gasteiger partial charge on any atom is -0.497 e. The Morgan fingerprint density at radius 2 is 1.83 bits per heavy atom. The smallest absolute Gasteiger partial charge is 0.126 e. The van der Waals surface area contributed by atoms with Crippen molar-refractivity contribution in [1.82, 2.24) is 5.32 Å². The van der Waals surface area contributed by atoms with E-state index in [0.29, 0.717) is 6.54 Å². The summed E-state index contributed by atoms with van der Waals surface area (Å²) in [6.07, 6.45) is 2.21. The predicted molar refractivity (Wildman–Crippen MR) is 94.3 cm³/mol. The molecule has 0 saturated heterocycles. The van der Waals surface area contributed by atoms with Gasteiger partial charge in [-0.1, -0.05) is 30.3 Å². The fourth-order valence-electron chi connectivity index (χ4n) is 3.20. The maximum absolute atomic E-state index is 10.7. The van der Waals surface area contributed by atoms with Crippen LogP contribution in [0.5, 0.6) is 11.5 Å². The monoisotopic (exact) mass is 327 g/mol. The molecule has 0 heterocycles. The van der Waals surface area contributed by atoms with Crippen molar-refractivity contribution in [1.29, 1.82) is 0 Å². The molecule has 2 aromatic rings. The van der Waals surface area contributed by atoms with Crippen LogP contribution in [-0.2, 0) is 6.54 Å². The van der Waals surface area contributed by atoms with Gasteiger partial charge in [-0.15, -0.1) is 0 Å². The van der Waals surface area contributed by atoms with Gasteiger partial charge >= 0.3 is 0 Å². The molecule has 3 rings (SSSR count). The summed E-state index contributed by atoms with van der Waals surface area (Å²) in [5.74, 6) is 1.67. The molecule has 3 atom stereocenters. The quantitative estimate of drug-likeness (QED) is 0.856. The number of methoxy groups -OCH3 is 1. The minimum absolute atomic E-state index is 0.0404. The number of ether oxygens (including phenoxy) is 2. The summed E-state index contributed by atoms with van der Waals surface area (Å²) in [7, 11) is 1.67. The van der Waals surface area contributed by atoms with Gasteiger partial charge in [0.25, 0.3) is 0 Å². The number of benzene rings is 2. The lowest BCUT2D eigenvalue weighted by molar-refractivity contribution is -0.0157. The fourth-order valence-corrected chi connectivity index (χ4v) is 3.20. The average Bonchev–Trinajstić information content (AvgIpc) is 2.63. The van der Waals surface area contributed by atoms with Crippen LogP contribution in [0, 0.1) is 0 Å².